The Hall–Kier alpha value is -3.09. The van der Waals surface area contributed by atoms with Crippen molar-refractivity contribution in [3.05, 3.63) is 54.0 Å². The summed E-state index contributed by atoms with van der Waals surface area (Å²) in [6, 6.07) is 10.1. The van der Waals surface area contributed by atoms with E-state index in [0.29, 0.717) is 22.8 Å². The molecular formula is C16H17N3O4. The minimum absolute atomic E-state index is 0.190. The number of methoxy groups -OCH3 is 1. The van der Waals surface area contributed by atoms with E-state index >= 15 is 0 Å². The van der Waals surface area contributed by atoms with Crippen LogP contribution in [-0.2, 0) is 4.79 Å². The zero-order valence-electron chi connectivity index (χ0n) is 12.8. The van der Waals surface area contributed by atoms with E-state index in [2.05, 4.69) is 15.8 Å². The van der Waals surface area contributed by atoms with Crippen LogP contribution in [0.4, 0.5) is 0 Å². The lowest BCUT2D eigenvalue weighted by molar-refractivity contribution is -0.120. The number of amides is 2. The summed E-state index contributed by atoms with van der Waals surface area (Å²) in [5.74, 6) is 0.324. The molecule has 0 aliphatic carbocycles. The SMILES string of the molecule is COc1cccc(C(=O)NCC(=O)N/N=C(/C)c2ccco2)c1. The molecule has 0 radical (unpaired) electrons. The molecule has 0 fully saturated rings. The second-order valence-corrected chi connectivity index (χ2v) is 4.62. The fraction of sp³-hybridized carbons (Fsp3) is 0.188. The van der Waals surface area contributed by atoms with Crippen LogP contribution in [0.1, 0.15) is 23.0 Å². The lowest BCUT2D eigenvalue weighted by Crippen LogP contribution is -2.35. The molecule has 0 atom stereocenters. The summed E-state index contributed by atoms with van der Waals surface area (Å²) in [5, 5.41) is 6.41. The summed E-state index contributed by atoms with van der Waals surface area (Å²) < 4.78 is 10.2. The number of ether oxygens (including phenoxy) is 1. The van der Waals surface area contributed by atoms with E-state index in [1.54, 1.807) is 43.3 Å². The number of rotatable bonds is 6. The second kappa shape index (κ2) is 7.79. The van der Waals surface area contributed by atoms with Gasteiger partial charge in [0.25, 0.3) is 11.8 Å². The Bertz CT molecular complexity index is 708. The monoisotopic (exact) mass is 315 g/mol. The highest BCUT2D eigenvalue weighted by molar-refractivity contribution is 5.98. The Kier molecular flexibility index (Phi) is 5.51. The molecule has 0 spiro atoms. The minimum atomic E-state index is -0.438. The molecule has 0 bridgehead atoms. The summed E-state index contributed by atoms with van der Waals surface area (Å²) in [6.07, 6.45) is 1.52. The normalized spacial score (nSPS) is 11.0. The van der Waals surface area contributed by atoms with Crippen molar-refractivity contribution in [3.63, 3.8) is 0 Å². The van der Waals surface area contributed by atoms with Crippen LogP contribution in [0.25, 0.3) is 0 Å². The Morgan fingerprint density at radius 1 is 1.26 bits per heavy atom. The molecule has 1 heterocycles. The smallest absolute Gasteiger partial charge is 0.259 e. The molecule has 120 valence electrons. The molecule has 2 rings (SSSR count). The average molecular weight is 315 g/mol. The van der Waals surface area contributed by atoms with Gasteiger partial charge in [-0.2, -0.15) is 5.10 Å². The molecule has 7 heteroatoms. The van der Waals surface area contributed by atoms with E-state index in [1.165, 1.54) is 13.4 Å². The van der Waals surface area contributed by atoms with Crippen molar-refractivity contribution in [3.8, 4) is 5.75 Å². The van der Waals surface area contributed by atoms with Crippen LogP contribution >= 0.6 is 0 Å². The number of carbonyl (C=O) groups is 2. The molecule has 2 aromatic rings. The van der Waals surface area contributed by atoms with E-state index in [1.807, 2.05) is 0 Å². The molecule has 1 aromatic carbocycles. The zero-order valence-corrected chi connectivity index (χ0v) is 12.8. The molecule has 23 heavy (non-hydrogen) atoms. The summed E-state index contributed by atoms with van der Waals surface area (Å²) in [7, 11) is 1.52. The first kappa shape index (κ1) is 16.3. The van der Waals surface area contributed by atoms with Crippen molar-refractivity contribution in [1.82, 2.24) is 10.7 Å². The summed E-state index contributed by atoms with van der Waals surface area (Å²) in [5.41, 5.74) is 3.29. The number of furan rings is 1. The first-order valence-corrected chi connectivity index (χ1v) is 6.89. The first-order valence-electron chi connectivity index (χ1n) is 6.89. The van der Waals surface area contributed by atoms with Gasteiger partial charge in [0.2, 0.25) is 0 Å². The second-order valence-electron chi connectivity index (χ2n) is 4.62. The lowest BCUT2D eigenvalue weighted by Gasteiger charge is -2.06. The van der Waals surface area contributed by atoms with Crippen LogP contribution in [0.2, 0.25) is 0 Å². The van der Waals surface area contributed by atoms with Gasteiger partial charge in [0, 0.05) is 5.56 Å². The molecular weight excluding hydrogens is 298 g/mol. The van der Waals surface area contributed by atoms with E-state index in [9.17, 15) is 9.59 Å². The van der Waals surface area contributed by atoms with Crippen molar-refractivity contribution >= 4 is 17.5 Å². The van der Waals surface area contributed by atoms with Gasteiger partial charge in [0.1, 0.15) is 17.2 Å². The Morgan fingerprint density at radius 3 is 2.78 bits per heavy atom. The van der Waals surface area contributed by atoms with Crippen molar-refractivity contribution in [2.75, 3.05) is 13.7 Å². The van der Waals surface area contributed by atoms with Gasteiger partial charge in [-0.1, -0.05) is 6.07 Å². The largest absolute Gasteiger partial charge is 0.497 e. The Balaban J connectivity index is 1.84. The van der Waals surface area contributed by atoms with Crippen LogP contribution < -0.4 is 15.5 Å². The third kappa shape index (κ3) is 4.70. The van der Waals surface area contributed by atoms with E-state index in [0.717, 1.165) is 0 Å². The van der Waals surface area contributed by atoms with Crippen molar-refractivity contribution in [2.45, 2.75) is 6.92 Å². The molecule has 0 saturated heterocycles. The molecule has 2 N–H and O–H groups in total. The predicted octanol–water partition coefficient (Wildman–Crippen LogP) is 1.56. The Labute approximate surface area is 133 Å². The highest BCUT2D eigenvalue weighted by atomic mass is 16.5. The van der Waals surface area contributed by atoms with Gasteiger partial charge in [0.05, 0.1) is 19.9 Å². The fourth-order valence-electron chi connectivity index (χ4n) is 1.75. The van der Waals surface area contributed by atoms with Crippen molar-refractivity contribution < 1.29 is 18.7 Å². The van der Waals surface area contributed by atoms with Gasteiger partial charge in [-0.25, -0.2) is 5.43 Å². The van der Waals surface area contributed by atoms with E-state index in [4.69, 9.17) is 9.15 Å². The quantitative estimate of drug-likeness (QED) is 0.625. The van der Waals surface area contributed by atoms with Crippen LogP contribution in [0.3, 0.4) is 0 Å². The van der Waals surface area contributed by atoms with Gasteiger partial charge in [-0.05, 0) is 37.3 Å². The highest BCUT2D eigenvalue weighted by Gasteiger charge is 2.09. The third-order valence-corrected chi connectivity index (χ3v) is 2.97. The standard InChI is InChI=1S/C16H17N3O4/c1-11(14-7-4-8-23-14)18-19-15(20)10-17-16(21)12-5-3-6-13(9-12)22-2/h3-9H,10H2,1-2H3,(H,17,21)(H,19,20)/b18-11-. The summed E-state index contributed by atoms with van der Waals surface area (Å²) in [4.78, 5) is 23.6. The number of hydrogen-bond donors (Lipinski definition) is 2. The average Bonchev–Trinajstić information content (AvgIpc) is 3.12. The number of nitrogens with zero attached hydrogens (tertiary/aromatic N) is 1. The number of nitrogens with one attached hydrogen (secondary N) is 2. The van der Waals surface area contributed by atoms with Crippen molar-refractivity contribution in [2.24, 2.45) is 5.10 Å². The topological polar surface area (TPSA) is 92.9 Å². The van der Waals surface area contributed by atoms with Crippen LogP contribution in [0, 0.1) is 0 Å². The fourth-order valence-corrected chi connectivity index (χ4v) is 1.75. The summed E-state index contributed by atoms with van der Waals surface area (Å²) in [6.45, 7) is 1.51. The van der Waals surface area contributed by atoms with Crippen LogP contribution in [0.5, 0.6) is 5.75 Å². The number of benzene rings is 1. The van der Waals surface area contributed by atoms with Crippen LogP contribution in [0.15, 0.2) is 52.2 Å². The minimum Gasteiger partial charge on any atom is -0.497 e. The molecule has 0 aliphatic heterocycles. The van der Waals surface area contributed by atoms with Crippen LogP contribution in [-0.4, -0.2) is 31.2 Å². The maximum absolute atomic E-state index is 11.9. The maximum Gasteiger partial charge on any atom is 0.259 e. The number of hydrogen-bond acceptors (Lipinski definition) is 5. The van der Waals surface area contributed by atoms with E-state index in [-0.39, 0.29) is 12.5 Å². The number of carbonyl (C=O) groups excluding carboxylic acids is 2. The predicted molar refractivity (Wildman–Crippen MR) is 84.4 cm³/mol. The van der Waals surface area contributed by atoms with Gasteiger partial charge in [0.15, 0.2) is 0 Å². The number of hydrazone groups is 1. The molecule has 0 saturated carbocycles. The van der Waals surface area contributed by atoms with Crippen molar-refractivity contribution in [1.29, 1.82) is 0 Å². The zero-order chi connectivity index (χ0) is 16.7. The van der Waals surface area contributed by atoms with Gasteiger partial charge >= 0.3 is 0 Å². The molecule has 0 aliphatic rings. The first-order chi connectivity index (χ1) is 11.1. The third-order valence-electron chi connectivity index (χ3n) is 2.97. The van der Waals surface area contributed by atoms with E-state index < -0.39 is 5.91 Å². The molecule has 1 aromatic heterocycles. The molecule has 7 nitrogen and oxygen atoms in total. The van der Waals surface area contributed by atoms with Gasteiger partial charge in [-0.3, -0.25) is 9.59 Å². The summed E-state index contributed by atoms with van der Waals surface area (Å²) >= 11 is 0. The van der Waals surface area contributed by atoms with Gasteiger partial charge < -0.3 is 14.5 Å². The lowest BCUT2D eigenvalue weighted by atomic mass is 10.2. The Morgan fingerprint density at radius 2 is 2.09 bits per heavy atom. The highest BCUT2D eigenvalue weighted by Crippen LogP contribution is 2.12. The molecule has 2 amide bonds. The van der Waals surface area contributed by atoms with Gasteiger partial charge in [-0.15, -0.1) is 0 Å². The maximum atomic E-state index is 11.9. The molecule has 0 unspecified atom stereocenters.